The maximum absolute atomic E-state index is 13.0. The van der Waals surface area contributed by atoms with Crippen LogP contribution in [0.5, 0.6) is 0 Å². The van der Waals surface area contributed by atoms with Crippen molar-refractivity contribution in [3.05, 3.63) is 82.4 Å². The van der Waals surface area contributed by atoms with Crippen LogP contribution in [0.15, 0.2) is 48.5 Å². The number of aryl methyl sites for hydroxylation is 1. The second-order valence-electron chi connectivity index (χ2n) is 6.99. The van der Waals surface area contributed by atoms with Crippen LogP contribution < -0.4 is 5.32 Å². The summed E-state index contributed by atoms with van der Waals surface area (Å²) in [6, 6.07) is 14.7. The number of nitrogens with zero attached hydrogens (tertiary/aromatic N) is 3. The molecule has 1 aliphatic carbocycles. The number of benzene rings is 2. The Bertz CT molecular complexity index is 965. The first-order valence-electron chi connectivity index (χ1n) is 9.12. The molecule has 1 aromatic heterocycles. The maximum atomic E-state index is 13.0. The van der Waals surface area contributed by atoms with Gasteiger partial charge in [-0.1, -0.05) is 41.6 Å². The number of hydrogen-bond acceptors (Lipinski definition) is 3. The molecule has 0 fully saturated rings. The van der Waals surface area contributed by atoms with Crippen molar-refractivity contribution in [1.29, 1.82) is 0 Å². The van der Waals surface area contributed by atoms with Crippen LogP contribution >= 0.6 is 0 Å². The Morgan fingerprint density at radius 3 is 2.70 bits per heavy atom. The molecule has 1 aliphatic rings. The standard InChI is InChI=1S/C21H21FN4O/c1-14-20(24-25-26(14)13-15-6-9-18(22)10-7-15)21(27)23-19-11-8-16-4-2-3-5-17(16)12-19/h2-7,9-10,19H,8,11-13H2,1H3,(H,23,27). The zero-order valence-electron chi connectivity index (χ0n) is 15.2. The van der Waals surface area contributed by atoms with Gasteiger partial charge in [-0.3, -0.25) is 4.79 Å². The molecule has 0 saturated heterocycles. The first-order chi connectivity index (χ1) is 13.1. The molecule has 27 heavy (non-hydrogen) atoms. The number of carbonyl (C=O) groups is 1. The average molecular weight is 364 g/mol. The number of amides is 1. The summed E-state index contributed by atoms with van der Waals surface area (Å²) in [4.78, 5) is 12.7. The predicted molar refractivity (Wildman–Crippen MR) is 100.0 cm³/mol. The fourth-order valence-electron chi connectivity index (χ4n) is 3.56. The summed E-state index contributed by atoms with van der Waals surface area (Å²) in [6.45, 7) is 2.28. The van der Waals surface area contributed by atoms with Gasteiger partial charge in [-0.05, 0) is 55.0 Å². The molecule has 1 heterocycles. The van der Waals surface area contributed by atoms with E-state index >= 15 is 0 Å². The fraction of sp³-hybridized carbons (Fsp3) is 0.286. The fourth-order valence-corrected chi connectivity index (χ4v) is 3.56. The topological polar surface area (TPSA) is 59.8 Å². The van der Waals surface area contributed by atoms with Gasteiger partial charge in [-0.15, -0.1) is 5.10 Å². The van der Waals surface area contributed by atoms with Crippen molar-refractivity contribution < 1.29 is 9.18 Å². The molecule has 0 radical (unpaired) electrons. The van der Waals surface area contributed by atoms with E-state index in [-0.39, 0.29) is 17.8 Å². The zero-order chi connectivity index (χ0) is 18.8. The van der Waals surface area contributed by atoms with Crippen LogP contribution in [0.1, 0.15) is 39.3 Å². The van der Waals surface area contributed by atoms with E-state index in [0.29, 0.717) is 17.9 Å². The second-order valence-corrected chi connectivity index (χ2v) is 6.99. The van der Waals surface area contributed by atoms with E-state index < -0.39 is 0 Å². The van der Waals surface area contributed by atoms with Gasteiger partial charge in [-0.25, -0.2) is 9.07 Å². The lowest BCUT2D eigenvalue weighted by Gasteiger charge is -2.25. The Morgan fingerprint density at radius 2 is 1.93 bits per heavy atom. The summed E-state index contributed by atoms with van der Waals surface area (Å²) >= 11 is 0. The van der Waals surface area contributed by atoms with E-state index in [1.165, 1.54) is 23.3 Å². The molecule has 1 unspecified atom stereocenters. The molecule has 1 atom stereocenters. The van der Waals surface area contributed by atoms with Crippen LogP contribution in [0, 0.1) is 12.7 Å². The smallest absolute Gasteiger partial charge is 0.273 e. The van der Waals surface area contributed by atoms with Crippen LogP contribution in [-0.2, 0) is 19.4 Å². The normalized spacial score (nSPS) is 16.0. The molecule has 0 aliphatic heterocycles. The van der Waals surface area contributed by atoms with Gasteiger partial charge in [0.15, 0.2) is 5.69 Å². The molecule has 138 valence electrons. The second kappa shape index (κ2) is 7.31. The van der Waals surface area contributed by atoms with Gasteiger partial charge in [0.25, 0.3) is 5.91 Å². The van der Waals surface area contributed by atoms with Crippen molar-refractivity contribution in [3.63, 3.8) is 0 Å². The SMILES string of the molecule is Cc1c(C(=O)NC2CCc3ccccc3C2)nnn1Cc1ccc(F)cc1. The molecule has 1 N–H and O–H groups in total. The Balaban J connectivity index is 1.44. The molecule has 0 bridgehead atoms. The first-order valence-corrected chi connectivity index (χ1v) is 9.12. The van der Waals surface area contributed by atoms with Gasteiger partial charge in [0.05, 0.1) is 12.2 Å². The molecule has 6 heteroatoms. The number of carbonyl (C=O) groups excluding carboxylic acids is 1. The largest absolute Gasteiger partial charge is 0.348 e. The highest BCUT2D eigenvalue weighted by molar-refractivity contribution is 5.93. The minimum absolute atomic E-state index is 0.106. The van der Waals surface area contributed by atoms with Gasteiger partial charge in [0.1, 0.15) is 5.82 Å². The van der Waals surface area contributed by atoms with Crippen LogP contribution in [0.2, 0.25) is 0 Å². The predicted octanol–water partition coefficient (Wildman–Crippen LogP) is 3.06. The highest BCUT2D eigenvalue weighted by Crippen LogP contribution is 2.21. The first kappa shape index (κ1) is 17.4. The third-order valence-corrected chi connectivity index (χ3v) is 5.13. The molecule has 5 nitrogen and oxygen atoms in total. The molecule has 2 aromatic carbocycles. The highest BCUT2D eigenvalue weighted by atomic mass is 19.1. The molecule has 0 spiro atoms. The Morgan fingerprint density at radius 1 is 1.19 bits per heavy atom. The van der Waals surface area contributed by atoms with Crippen molar-refractivity contribution in [2.24, 2.45) is 0 Å². The van der Waals surface area contributed by atoms with Crippen LogP contribution in [-0.4, -0.2) is 26.9 Å². The maximum Gasteiger partial charge on any atom is 0.273 e. The number of halogens is 1. The summed E-state index contributed by atoms with van der Waals surface area (Å²) in [6.07, 6.45) is 2.73. The number of fused-ring (bicyclic) bond motifs is 1. The third-order valence-electron chi connectivity index (χ3n) is 5.13. The van der Waals surface area contributed by atoms with Crippen molar-refractivity contribution in [1.82, 2.24) is 20.3 Å². The quantitative estimate of drug-likeness (QED) is 0.774. The van der Waals surface area contributed by atoms with E-state index in [9.17, 15) is 9.18 Å². The molecular weight excluding hydrogens is 343 g/mol. The number of nitrogens with one attached hydrogen (secondary N) is 1. The third kappa shape index (κ3) is 3.74. The van der Waals surface area contributed by atoms with Crippen molar-refractivity contribution in [3.8, 4) is 0 Å². The summed E-state index contributed by atoms with van der Waals surface area (Å²) in [7, 11) is 0. The molecule has 3 aromatic rings. The summed E-state index contributed by atoms with van der Waals surface area (Å²) in [5.41, 5.74) is 4.61. The zero-order valence-corrected chi connectivity index (χ0v) is 15.2. The van der Waals surface area contributed by atoms with Crippen LogP contribution in [0.3, 0.4) is 0 Å². The molecule has 0 saturated carbocycles. The number of hydrogen-bond donors (Lipinski definition) is 1. The molecular formula is C21H21FN4O. The van der Waals surface area contributed by atoms with Crippen LogP contribution in [0.4, 0.5) is 4.39 Å². The Kier molecular flexibility index (Phi) is 4.71. The van der Waals surface area contributed by atoms with Crippen molar-refractivity contribution in [2.75, 3.05) is 0 Å². The lowest BCUT2D eigenvalue weighted by molar-refractivity contribution is 0.0928. The Labute approximate surface area is 157 Å². The average Bonchev–Trinajstić information content (AvgIpc) is 3.04. The van der Waals surface area contributed by atoms with Gasteiger partial charge >= 0.3 is 0 Å². The van der Waals surface area contributed by atoms with E-state index in [4.69, 9.17) is 0 Å². The minimum atomic E-state index is -0.275. The van der Waals surface area contributed by atoms with Gasteiger partial charge in [0, 0.05) is 6.04 Å². The number of rotatable bonds is 4. The van der Waals surface area contributed by atoms with Crippen LogP contribution in [0.25, 0.3) is 0 Å². The van der Waals surface area contributed by atoms with Gasteiger partial charge < -0.3 is 5.32 Å². The monoisotopic (exact) mass is 364 g/mol. The summed E-state index contributed by atoms with van der Waals surface area (Å²) < 4.78 is 14.7. The van der Waals surface area contributed by atoms with Gasteiger partial charge in [-0.2, -0.15) is 0 Å². The lowest BCUT2D eigenvalue weighted by atomic mass is 9.88. The minimum Gasteiger partial charge on any atom is -0.348 e. The van der Waals surface area contributed by atoms with Crippen molar-refractivity contribution >= 4 is 5.91 Å². The molecule has 4 rings (SSSR count). The highest BCUT2D eigenvalue weighted by Gasteiger charge is 2.23. The summed E-state index contributed by atoms with van der Waals surface area (Å²) in [5, 5.41) is 11.3. The van der Waals surface area contributed by atoms with E-state index in [1.54, 1.807) is 16.8 Å². The molecule has 1 amide bonds. The summed E-state index contributed by atoms with van der Waals surface area (Å²) in [5.74, 6) is -0.467. The number of aromatic nitrogens is 3. The van der Waals surface area contributed by atoms with E-state index in [2.05, 4.69) is 33.8 Å². The van der Waals surface area contributed by atoms with Gasteiger partial charge in [0.2, 0.25) is 0 Å². The lowest BCUT2D eigenvalue weighted by Crippen LogP contribution is -2.39. The Hall–Kier alpha value is -3.02. The van der Waals surface area contributed by atoms with Crippen molar-refractivity contribution in [2.45, 2.75) is 38.8 Å². The van der Waals surface area contributed by atoms with E-state index in [0.717, 1.165) is 24.8 Å². The van der Waals surface area contributed by atoms with E-state index in [1.807, 2.05) is 13.0 Å².